The maximum absolute atomic E-state index is 14.1. The Balaban J connectivity index is 2.21. The number of halogens is 3. The fourth-order valence-electron chi connectivity index (χ4n) is 1.97. The van der Waals surface area contributed by atoms with Gasteiger partial charge in [-0.3, -0.25) is 0 Å². The lowest BCUT2D eigenvalue weighted by atomic mass is 10.1. The van der Waals surface area contributed by atoms with Crippen LogP contribution in [-0.4, -0.2) is 6.54 Å². The molecule has 5 heteroatoms. The van der Waals surface area contributed by atoms with Gasteiger partial charge in [-0.2, -0.15) is 0 Å². The molecule has 0 saturated carbocycles. The number of benzene rings is 2. The van der Waals surface area contributed by atoms with Crippen molar-refractivity contribution in [3.63, 3.8) is 0 Å². The highest BCUT2D eigenvalue weighted by Gasteiger charge is 2.11. The topological polar surface area (TPSA) is 21.3 Å². The minimum atomic E-state index is -0.406. The third kappa shape index (κ3) is 4.19. The zero-order valence-corrected chi connectivity index (χ0v) is 14.1. The molecule has 2 rings (SSSR count). The van der Waals surface area contributed by atoms with Crippen LogP contribution in [0.4, 0.5) is 4.39 Å². The van der Waals surface area contributed by atoms with Gasteiger partial charge in [-0.05, 0) is 49.4 Å². The average Bonchev–Trinajstić information content (AvgIpc) is 2.44. The predicted octanol–water partition coefficient (Wildman–Crippen LogP) is 5.70. The van der Waals surface area contributed by atoms with E-state index in [9.17, 15) is 4.39 Å². The first-order valence-electron chi connectivity index (χ1n) is 6.67. The average molecular weight is 373 g/mol. The first kappa shape index (κ1) is 16.3. The molecule has 0 spiro atoms. The Kier molecular flexibility index (Phi) is 5.62. The van der Waals surface area contributed by atoms with Gasteiger partial charge in [0.25, 0.3) is 0 Å². The number of hydrogen-bond acceptors (Lipinski definition) is 2. The van der Waals surface area contributed by atoms with Gasteiger partial charge in [-0.15, -0.1) is 0 Å². The van der Waals surface area contributed by atoms with Crippen LogP contribution in [0.5, 0.6) is 11.5 Å². The van der Waals surface area contributed by atoms with E-state index in [1.54, 1.807) is 24.3 Å². The van der Waals surface area contributed by atoms with E-state index < -0.39 is 5.82 Å². The molecule has 0 bridgehead atoms. The van der Waals surface area contributed by atoms with Crippen LogP contribution in [0.3, 0.4) is 0 Å². The molecule has 0 radical (unpaired) electrons. The van der Waals surface area contributed by atoms with Gasteiger partial charge < -0.3 is 10.1 Å². The first-order valence-corrected chi connectivity index (χ1v) is 7.84. The van der Waals surface area contributed by atoms with E-state index in [2.05, 4.69) is 21.2 Å². The van der Waals surface area contributed by atoms with E-state index in [0.717, 1.165) is 16.6 Å². The van der Waals surface area contributed by atoms with Gasteiger partial charge in [0.2, 0.25) is 0 Å². The summed E-state index contributed by atoms with van der Waals surface area (Å²) >= 11 is 9.38. The molecule has 1 N–H and O–H groups in total. The van der Waals surface area contributed by atoms with E-state index in [-0.39, 0.29) is 11.8 Å². The minimum Gasteiger partial charge on any atom is -0.453 e. The summed E-state index contributed by atoms with van der Waals surface area (Å²) in [6.45, 7) is 4.83. The molecule has 0 aliphatic carbocycles. The lowest BCUT2D eigenvalue weighted by molar-refractivity contribution is 0.440. The van der Waals surface area contributed by atoms with Gasteiger partial charge in [0.1, 0.15) is 5.75 Å². The third-order valence-electron chi connectivity index (χ3n) is 3.08. The number of rotatable bonds is 5. The Bertz CT molecular complexity index is 636. The largest absolute Gasteiger partial charge is 0.453 e. The van der Waals surface area contributed by atoms with Crippen LogP contribution in [0.1, 0.15) is 25.5 Å². The number of ether oxygens (including phenoxy) is 1. The molecule has 2 nitrogen and oxygen atoms in total. The summed E-state index contributed by atoms with van der Waals surface area (Å²) < 4.78 is 20.5. The fraction of sp³-hybridized carbons (Fsp3) is 0.250. The molecular weight excluding hydrogens is 357 g/mol. The molecule has 0 amide bonds. The smallest absolute Gasteiger partial charge is 0.166 e. The molecular formula is C16H16BrClFNO. The van der Waals surface area contributed by atoms with Gasteiger partial charge in [0.15, 0.2) is 11.6 Å². The molecule has 2 aromatic carbocycles. The second-order valence-electron chi connectivity index (χ2n) is 4.65. The third-order valence-corrected chi connectivity index (χ3v) is 3.87. The number of nitrogens with one attached hydrogen (secondary N) is 1. The van der Waals surface area contributed by atoms with E-state index >= 15 is 0 Å². The summed E-state index contributed by atoms with van der Waals surface area (Å²) in [4.78, 5) is 0. The van der Waals surface area contributed by atoms with Crippen LogP contribution in [-0.2, 0) is 0 Å². The van der Waals surface area contributed by atoms with Crippen molar-refractivity contribution >= 4 is 27.5 Å². The van der Waals surface area contributed by atoms with Crippen molar-refractivity contribution in [1.82, 2.24) is 5.32 Å². The summed E-state index contributed by atoms with van der Waals surface area (Å²) in [5.41, 5.74) is 0.878. The van der Waals surface area contributed by atoms with Crippen LogP contribution in [0.25, 0.3) is 0 Å². The minimum absolute atomic E-state index is 0.0924. The second kappa shape index (κ2) is 7.25. The number of hydrogen-bond donors (Lipinski definition) is 1. The summed E-state index contributed by atoms with van der Waals surface area (Å²) in [6.07, 6.45) is 0. The Morgan fingerprint density at radius 3 is 2.57 bits per heavy atom. The highest BCUT2D eigenvalue weighted by Crippen LogP contribution is 2.33. The molecule has 21 heavy (non-hydrogen) atoms. The molecule has 0 aromatic heterocycles. The van der Waals surface area contributed by atoms with Crippen molar-refractivity contribution in [2.75, 3.05) is 6.54 Å². The van der Waals surface area contributed by atoms with Gasteiger partial charge in [0.05, 0.1) is 5.02 Å². The van der Waals surface area contributed by atoms with Crippen LogP contribution in [0, 0.1) is 5.82 Å². The van der Waals surface area contributed by atoms with E-state index in [4.69, 9.17) is 16.3 Å². The Morgan fingerprint density at radius 2 is 1.95 bits per heavy atom. The normalized spacial score (nSPS) is 12.2. The molecule has 0 fully saturated rings. The second-order valence-corrected chi connectivity index (χ2v) is 5.97. The molecule has 1 unspecified atom stereocenters. The SMILES string of the molecule is CCNC(C)c1ccc(Oc2ccc(Br)cc2Cl)c(F)c1. The zero-order chi connectivity index (χ0) is 15.4. The van der Waals surface area contributed by atoms with Crippen LogP contribution >= 0.6 is 27.5 Å². The molecule has 0 aliphatic rings. The van der Waals surface area contributed by atoms with E-state index in [1.807, 2.05) is 19.9 Å². The van der Waals surface area contributed by atoms with Crippen molar-refractivity contribution in [3.8, 4) is 11.5 Å². The lowest BCUT2D eigenvalue weighted by Gasteiger charge is -2.14. The van der Waals surface area contributed by atoms with E-state index in [1.165, 1.54) is 6.07 Å². The van der Waals surface area contributed by atoms with Crippen LogP contribution in [0.15, 0.2) is 40.9 Å². The highest BCUT2D eigenvalue weighted by molar-refractivity contribution is 9.10. The van der Waals surface area contributed by atoms with Gasteiger partial charge in [-0.25, -0.2) is 4.39 Å². The highest BCUT2D eigenvalue weighted by atomic mass is 79.9. The van der Waals surface area contributed by atoms with Crippen molar-refractivity contribution in [2.45, 2.75) is 19.9 Å². The van der Waals surface area contributed by atoms with Gasteiger partial charge in [-0.1, -0.05) is 40.5 Å². The molecule has 0 heterocycles. The molecule has 0 aliphatic heterocycles. The Morgan fingerprint density at radius 1 is 1.24 bits per heavy atom. The van der Waals surface area contributed by atoms with Crippen molar-refractivity contribution in [1.29, 1.82) is 0 Å². The Labute approximate surface area is 137 Å². The standard InChI is InChI=1S/C16H16BrClFNO/c1-3-20-10(2)11-4-6-16(14(19)8-11)21-15-7-5-12(17)9-13(15)18/h4-10,20H,3H2,1-2H3. The molecule has 1 atom stereocenters. The quantitative estimate of drug-likeness (QED) is 0.726. The lowest BCUT2D eigenvalue weighted by Crippen LogP contribution is -2.17. The Hall–Kier alpha value is -1.10. The van der Waals surface area contributed by atoms with Crippen molar-refractivity contribution in [3.05, 3.63) is 57.3 Å². The van der Waals surface area contributed by atoms with Crippen molar-refractivity contribution in [2.24, 2.45) is 0 Å². The summed E-state index contributed by atoms with van der Waals surface area (Å²) in [5, 5.41) is 3.66. The maximum atomic E-state index is 14.1. The van der Waals surface area contributed by atoms with Gasteiger partial charge >= 0.3 is 0 Å². The molecule has 112 valence electrons. The summed E-state index contributed by atoms with van der Waals surface area (Å²) in [5.74, 6) is 0.175. The monoisotopic (exact) mass is 371 g/mol. The zero-order valence-electron chi connectivity index (χ0n) is 11.8. The van der Waals surface area contributed by atoms with Crippen LogP contribution < -0.4 is 10.1 Å². The molecule has 0 saturated heterocycles. The maximum Gasteiger partial charge on any atom is 0.166 e. The van der Waals surface area contributed by atoms with Crippen LogP contribution in [0.2, 0.25) is 5.02 Å². The first-order chi connectivity index (χ1) is 10.0. The summed E-state index contributed by atoms with van der Waals surface area (Å²) in [6, 6.07) is 10.2. The predicted molar refractivity (Wildman–Crippen MR) is 87.7 cm³/mol. The van der Waals surface area contributed by atoms with E-state index in [0.29, 0.717) is 10.8 Å². The van der Waals surface area contributed by atoms with Gasteiger partial charge in [0, 0.05) is 10.5 Å². The molecule has 2 aromatic rings. The van der Waals surface area contributed by atoms with Crippen molar-refractivity contribution < 1.29 is 9.13 Å². The fourth-order valence-corrected chi connectivity index (χ4v) is 2.68. The summed E-state index contributed by atoms with van der Waals surface area (Å²) in [7, 11) is 0.